The van der Waals surface area contributed by atoms with Gasteiger partial charge in [-0.05, 0) is 190 Å². The van der Waals surface area contributed by atoms with E-state index in [2.05, 4.69) is 26.5 Å². The first-order valence-electron chi connectivity index (χ1n) is 20.2. The van der Waals surface area contributed by atoms with E-state index >= 15 is 0 Å². The fourth-order valence-electron chi connectivity index (χ4n) is 15.0. The van der Waals surface area contributed by atoms with Crippen LogP contribution in [-0.4, -0.2) is 23.1 Å². The van der Waals surface area contributed by atoms with Crippen LogP contribution in [-0.2, 0) is 19.1 Å². The van der Waals surface area contributed by atoms with Gasteiger partial charge in [0.15, 0.2) is 0 Å². The third-order valence-electron chi connectivity index (χ3n) is 16.6. The van der Waals surface area contributed by atoms with Crippen LogP contribution in [0.25, 0.3) is 0 Å². The van der Waals surface area contributed by atoms with Crippen molar-refractivity contribution in [3.63, 3.8) is 0 Å². The zero-order valence-corrected chi connectivity index (χ0v) is 30.3. The molecule has 10 fully saturated rings. The average molecular weight is 645 g/mol. The third kappa shape index (κ3) is 5.42. The van der Waals surface area contributed by atoms with Gasteiger partial charge in [-0.2, -0.15) is 0 Å². The van der Waals surface area contributed by atoms with E-state index in [1.54, 1.807) is 6.92 Å². The van der Waals surface area contributed by atoms with Crippen LogP contribution in [0.2, 0.25) is 0 Å². The molecule has 0 amide bonds. The zero-order valence-electron chi connectivity index (χ0n) is 30.3. The third-order valence-corrected chi connectivity index (χ3v) is 16.6. The molecule has 0 heterocycles. The average Bonchev–Trinajstić information content (AvgIpc) is 3.49. The molecule has 8 bridgehead atoms. The van der Waals surface area contributed by atoms with Crippen molar-refractivity contribution >= 4 is 11.9 Å². The van der Waals surface area contributed by atoms with Crippen molar-refractivity contribution in [3.8, 4) is 0 Å². The van der Waals surface area contributed by atoms with Gasteiger partial charge in [-0.15, -0.1) is 0 Å². The van der Waals surface area contributed by atoms with Gasteiger partial charge in [-0.25, -0.2) is 9.59 Å². The summed E-state index contributed by atoms with van der Waals surface area (Å²) in [7, 11) is 0. The first-order valence-corrected chi connectivity index (χ1v) is 20.2. The summed E-state index contributed by atoms with van der Waals surface area (Å²) in [6.45, 7) is 12.5. The topological polar surface area (TPSA) is 52.6 Å². The fourth-order valence-corrected chi connectivity index (χ4v) is 15.0. The predicted octanol–water partition coefficient (Wildman–Crippen LogP) is 10.5. The summed E-state index contributed by atoms with van der Waals surface area (Å²) in [5.41, 5.74) is 0.733. The molecule has 0 aromatic heterocycles. The van der Waals surface area contributed by atoms with Gasteiger partial charge in [0.1, 0.15) is 11.2 Å². The summed E-state index contributed by atoms with van der Waals surface area (Å²) in [5, 5.41) is 0. The highest BCUT2D eigenvalue weighted by Gasteiger charge is 2.64. The van der Waals surface area contributed by atoms with Crippen molar-refractivity contribution < 1.29 is 19.1 Å². The summed E-state index contributed by atoms with van der Waals surface area (Å²) < 4.78 is 13.7. The van der Waals surface area contributed by atoms with E-state index < -0.39 is 5.60 Å². The second-order valence-corrected chi connectivity index (χ2v) is 19.6. The van der Waals surface area contributed by atoms with Crippen molar-refractivity contribution in [2.75, 3.05) is 0 Å². The molecule has 0 spiro atoms. The Morgan fingerprint density at radius 2 is 1.02 bits per heavy atom. The lowest BCUT2D eigenvalue weighted by atomic mass is 9.43. The lowest BCUT2D eigenvalue weighted by Gasteiger charge is -2.64. The van der Waals surface area contributed by atoms with Crippen LogP contribution in [0.15, 0.2) is 23.8 Å². The molecule has 0 aromatic rings. The lowest BCUT2D eigenvalue weighted by Crippen LogP contribution is -2.61. The molecule has 0 saturated heterocycles. The quantitative estimate of drug-likeness (QED) is 0.185. The Morgan fingerprint density at radius 1 is 0.596 bits per heavy atom. The molecule has 4 atom stereocenters. The number of hydrogen-bond donors (Lipinski definition) is 0. The van der Waals surface area contributed by atoms with Crippen molar-refractivity contribution in [3.05, 3.63) is 23.8 Å². The first-order chi connectivity index (χ1) is 22.4. The minimum absolute atomic E-state index is 0.0603. The Kier molecular flexibility index (Phi) is 8.15. The van der Waals surface area contributed by atoms with Crippen LogP contribution in [0.1, 0.15) is 156 Å². The van der Waals surface area contributed by atoms with E-state index in [9.17, 15) is 9.59 Å². The van der Waals surface area contributed by atoms with Gasteiger partial charge >= 0.3 is 11.9 Å². The molecule has 4 heteroatoms. The van der Waals surface area contributed by atoms with Crippen LogP contribution in [0.3, 0.4) is 0 Å². The minimum Gasteiger partial charge on any atom is -0.455 e. The van der Waals surface area contributed by atoms with E-state index in [0.29, 0.717) is 23.3 Å². The molecular weight excluding hydrogens is 580 g/mol. The van der Waals surface area contributed by atoms with Crippen LogP contribution < -0.4 is 0 Å². The molecule has 260 valence electrons. The number of carbonyl (C=O) groups is 2. The van der Waals surface area contributed by atoms with E-state index in [0.717, 1.165) is 60.3 Å². The van der Waals surface area contributed by atoms with Crippen LogP contribution in [0.5, 0.6) is 0 Å². The standard InChI is InChI=1S/C43H64O4/c1-27(2)38(44)46-41(5,43-24-33-17-34(25-43)19-35(18-33)26-43)37-12-11-29(20-37)13-28(3)39(45)47-40(4,36-9-7-6-8-10-36)42-21-30-14-31(22-42)16-32(15-30)23-42/h13,29-37H,1,6-12,14-26H2,2-5H3/b28-13-. The largest absolute Gasteiger partial charge is 0.455 e. The summed E-state index contributed by atoms with van der Waals surface area (Å²) in [6, 6.07) is 0. The fraction of sp³-hybridized carbons (Fsp3) is 0.860. The molecule has 10 aliphatic rings. The molecule has 47 heavy (non-hydrogen) atoms. The van der Waals surface area contributed by atoms with Crippen molar-refractivity contribution in [1.29, 1.82) is 0 Å². The maximum absolute atomic E-state index is 14.2. The summed E-state index contributed by atoms with van der Waals surface area (Å²) >= 11 is 0. The number of hydrogen-bond acceptors (Lipinski definition) is 4. The number of ether oxygens (including phenoxy) is 2. The zero-order chi connectivity index (χ0) is 32.8. The van der Waals surface area contributed by atoms with E-state index in [1.807, 2.05) is 6.92 Å². The highest BCUT2D eigenvalue weighted by Crippen LogP contribution is 2.68. The summed E-state index contributed by atoms with van der Waals surface area (Å²) in [5.74, 6) is 5.78. The lowest BCUT2D eigenvalue weighted by molar-refractivity contribution is -0.221. The smallest absolute Gasteiger partial charge is 0.333 e. The first kappa shape index (κ1) is 32.6. The SMILES string of the molecule is C=C(C)C(=O)OC(C)(C1CCC(/C=C(/C)C(=O)OC(C)(C2CCCCC2)C23CC4CC(CC(C4)C2)C3)C1)C12CC3CC(CC(C3)C1)C2. The Labute approximate surface area is 285 Å². The van der Waals surface area contributed by atoms with Gasteiger partial charge < -0.3 is 9.47 Å². The Balaban J connectivity index is 1.02. The Morgan fingerprint density at radius 3 is 1.47 bits per heavy atom. The van der Waals surface area contributed by atoms with Gasteiger partial charge in [0.25, 0.3) is 0 Å². The highest BCUT2D eigenvalue weighted by molar-refractivity contribution is 5.88. The monoisotopic (exact) mass is 644 g/mol. The number of esters is 2. The highest BCUT2D eigenvalue weighted by atomic mass is 16.6. The van der Waals surface area contributed by atoms with Crippen LogP contribution in [0.4, 0.5) is 0 Å². The van der Waals surface area contributed by atoms with Gasteiger partial charge in [0.2, 0.25) is 0 Å². The van der Waals surface area contributed by atoms with Crippen molar-refractivity contribution in [2.24, 2.45) is 64.1 Å². The van der Waals surface area contributed by atoms with Gasteiger partial charge in [-0.1, -0.05) is 31.9 Å². The number of carbonyl (C=O) groups excluding carboxylic acids is 2. The van der Waals surface area contributed by atoms with Crippen LogP contribution in [0, 0.1) is 64.1 Å². The van der Waals surface area contributed by atoms with E-state index in [1.165, 1.54) is 109 Å². The maximum Gasteiger partial charge on any atom is 0.333 e. The van der Waals surface area contributed by atoms with E-state index in [-0.39, 0.29) is 28.4 Å². The van der Waals surface area contributed by atoms with Gasteiger partial charge in [0, 0.05) is 22.0 Å². The predicted molar refractivity (Wildman–Crippen MR) is 186 cm³/mol. The van der Waals surface area contributed by atoms with Crippen molar-refractivity contribution in [2.45, 2.75) is 167 Å². The van der Waals surface area contributed by atoms with E-state index in [4.69, 9.17) is 9.47 Å². The Bertz CT molecular complexity index is 1230. The molecule has 0 radical (unpaired) electrons. The second-order valence-electron chi connectivity index (χ2n) is 19.6. The Hall–Kier alpha value is -1.58. The summed E-state index contributed by atoms with van der Waals surface area (Å²) in [4.78, 5) is 27.5. The molecule has 10 aliphatic carbocycles. The minimum atomic E-state index is -0.478. The summed E-state index contributed by atoms with van der Waals surface area (Å²) in [6.07, 6.45) is 27.5. The molecule has 4 unspecified atom stereocenters. The van der Waals surface area contributed by atoms with Gasteiger partial charge in [-0.3, -0.25) is 0 Å². The number of allylic oxidation sites excluding steroid dienone is 1. The van der Waals surface area contributed by atoms with Gasteiger partial charge in [0.05, 0.1) is 0 Å². The maximum atomic E-state index is 14.2. The van der Waals surface area contributed by atoms with Crippen LogP contribution >= 0.6 is 0 Å². The second kappa shape index (κ2) is 11.8. The normalized spacial score (nSPS) is 45.0. The molecule has 10 rings (SSSR count). The molecule has 4 nitrogen and oxygen atoms in total. The molecular formula is C43H64O4. The molecule has 0 aliphatic heterocycles. The molecule has 0 N–H and O–H groups in total. The molecule has 0 aromatic carbocycles. The van der Waals surface area contributed by atoms with Crippen molar-refractivity contribution in [1.82, 2.24) is 0 Å². The number of rotatable bonds is 9. The molecule has 10 saturated carbocycles.